The predicted molar refractivity (Wildman–Crippen MR) is 200 cm³/mol. The van der Waals surface area contributed by atoms with E-state index in [0.29, 0.717) is 35.7 Å². The third-order valence-corrected chi connectivity index (χ3v) is 9.43. The van der Waals surface area contributed by atoms with Crippen LogP contribution < -0.4 is 23.8 Å². The molecule has 14 heteroatoms. The summed E-state index contributed by atoms with van der Waals surface area (Å²) in [5, 5.41) is 14.6. The number of ether oxygens (including phenoxy) is 5. The van der Waals surface area contributed by atoms with Crippen LogP contribution in [0.25, 0.3) is 21.7 Å². The van der Waals surface area contributed by atoms with E-state index in [2.05, 4.69) is 4.98 Å². The summed E-state index contributed by atoms with van der Waals surface area (Å²) in [6.07, 6.45) is -1.59. The maximum atomic E-state index is 14.4. The van der Waals surface area contributed by atoms with Gasteiger partial charge in [-0.2, -0.15) is 0 Å². The predicted octanol–water partition coefficient (Wildman–Crippen LogP) is 7.34. The van der Waals surface area contributed by atoms with E-state index < -0.39 is 28.3 Å². The number of amides is 1. The molecule has 1 amide bonds. The molecule has 2 atom stereocenters. The van der Waals surface area contributed by atoms with Crippen LogP contribution in [0.4, 0.5) is 11.4 Å². The first kappa shape index (κ1) is 35.9. The SMILES string of the molecule is CN(C)CCOc1ccc2[nH]c(C(=O)N3C[C@@H](CCl)c4c3cc(OC(C(=O)OC(C)(C)C)c3cc5c(cc3[N+](=O)[O-])OCO5)c3ccccc43)cc2c1. The molecule has 0 spiro atoms. The number of rotatable bonds is 11. The average Bonchev–Trinajstić information content (AvgIpc) is 3.85. The van der Waals surface area contributed by atoms with Crippen LogP contribution in [-0.4, -0.2) is 78.7 Å². The van der Waals surface area contributed by atoms with E-state index in [1.54, 1.807) is 37.8 Å². The summed E-state index contributed by atoms with van der Waals surface area (Å²) in [6, 6.07) is 19.1. The second-order valence-corrected chi connectivity index (χ2v) is 14.6. The number of aromatic nitrogens is 1. The van der Waals surface area contributed by atoms with Gasteiger partial charge in [-0.05, 0) is 76.1 Å². The Hall–Kier alpha value is -5.53. The van der Waals surface area contributed by atoms with Crippen LogP contribution in [0, 0.1) is 10.1 Å². The number of hydrogen-bond acceptors (Lipinski definition) is 10. The number of nitro groups is 1. The summed E-state index contributed by atoms with van der Waals surface area (Å²) in [5.41, 5.74) is 1.11. The third-order valence-electron chi connectivity index (χ3n) is 9.06. The number of alkyl halides is 1. The number of aromatic amines is 1. The van der Waals surface area contributed by atoms with E-state index >= 15 is 0 Å². The minimum absolute atomic E-state index is 0.0761. The molecule has 1 unspecified atom stereocenters. The van der Waals surface area contributed by atoms with Crippen molar-refractivity contribution >= 4 is 56.5 Å². The molecule has 3 heterocycles. The lowest BCUT2D eigenvalue weighted by Gasteiger charge is -2.26. The molecule has 2 aliphatic heterocycles. The maximum absolute atomic E-state index is 14.4. The second-order valence-electron chi connectivity index (χ2n) is 14.3. The van der Waals surface area contributed by atoms with Crippen molar-refractivity contribution in [3.8, 4) is 23.0 Å². The van der Waals surface area contributed by atoms with Gasteiger partial charge in [0.05, 0.1) is 22.2 Å². The van der Waals surface area contributed by atoms with Crippen molar-refractivity contribution < 1.29 is 38.2 Å². The molecule has 0 aliphatic carbocycles. The maximum Gasteiger partial charge on any atom is 0.352 e. The Labute approximate surface area is 310 Å². The molecule has 2 aliphatic rings. The van der Waals surface area contributed by atoms with Gasteiger partial charge in [0.2, 0.25) is 12.9 Å². The summed E-state index contributed by atoms with van der Waals surface area (Å²) >= 11 is 6.55. The van der Waals surface area contributed by atoms with E-state index in [9.17, 15) is 19.7 Å². The number of esters is 1. The van der Waals surface area contributed by atoms with Gasteiger partial charge in [0.25, 0.3) is 11.6 Å². The van der Waals surface area contributed by atoms with E-state index in [1.165, 1.54) is 12.1 Å². The van der Waals surface area contributed by atoms with Gasteiger partial charge in [0.15, 0.2) is 11.5 Å². The van der Waals surface area contributed by atoms with Gasteiger partial charge in [-0.3, -0.25) is 14.9 Å². The molecule has 1 N–H and O–H groups in total. The first-order valence-electron chi connectivity index (χ1n) is 17.1. The van der Waals surface area contributed by atoms with Crippen molar-refractivity contribution in [2.45, 2.75) is 38.4 Å². The highest BCUT2D eigenvalue weighted by molar-refractivity contribution is 6.19. The zero-order valence-corrected chi connectivity index (χ0v) is 30.7. The summed E-state index contributed by atoms with van der Waals surface area (Å²) in [5.74, 6) is 0.206. The van der Waals surface area contributed by atoms with E-state index in [-0.39, 0.29) is 47.3 Å². The summed E-state index contributed by atoms with van der Waals surface area (Å²) in [4.78, 5) is 47.0. The first-order valence-corrected chi connectivity index (χ1v) is 17.7. The molecule has 0 bridgehead atoms. The number of nitrogens with zero attached hydrogens (tertiary/aromatic N) is 3. The van der Waals surface area contributed by atoms with Gasteiger partial charge >= 0.3 is 5.97 Å². The fourth-order valence-electron chi connectivity index (χ4n) is 6.67. The highest BCUT2D eigenvalue weighted by atomic mass is 35.5. The molecule has 53 heavy (non-hydrogen) atoms. The van der Waals surface area contributed by atoms with Crippen molar-refractivity contribution in [2.75, 3.05) is 51.4 Å². The Morgan fingerprint density at radius 1 is 1.06 bits per heavy atom. The van der Waals surface area contributed by atoms with Gasteiger partial charge in [0.1, 0.15) is 29.4 Å². The van der Waals surface area contributed by atoms with Crippen LogP contribution in [0.15, 0.2) is 66.7 Å². The molecule has 7 rings (SSSR count). The van der Waals surface area contributed by atoms with Crippen LogP contribution in [0.2, 0.25) is 0 Å². The molecule has 1 aromatic heterocycles. The largest absolute Gasteiger partial charge is 0.492 e. The summed E-state index contributed by atoms with van der Waals surface area (Å²) in [6.45, 7) is 6.53. The van der Waals surface area contributed by atoms with Crippen molar-refractivity contribution in [1.29, 1.82) is 0 Å². The summed E-state index contributed by atoms with van der Waals surface area (Å²) in [7, 11) is 3.95. The standard InChI is InChI=1S/C39H39ClN4O9/c1-39(2,3)53-38(46)36(27-16-33-34(51-21-50-33)17-30(27)44(47)48)52-32-18-31-35(26-9-7-6-8-25(26)32)23(19-40)20-43(31)37(45)29-15-22-14-24(10-11-28(22)41-29)49-13-12-42(4)5/h6-11,14-18,23,36,41H,12-13,19-21H2,1-5H3/t23-,36?/m1/s1. The quantitative estimate of drug-likeness (QED) is 0.0631. The number of benzene rings is 4. The number of fused-ring (bicyclic) bond motifs is 5. The molecule has 5 aromatic rings. The fourth-order valence-corrected chi connectivity index (χ4v) is 6.92. The van der Waals surface area contributed by atoms with Crippen LogP contribution in [0.3, 0.4) is 0 Å². The number of carbonyl (C=O) groups excluding carboxylic acids is 2. The van der Waals surface area contributed by atoms with Crippen LogP contribution in [0.5, 0.6) is 23.0 Å². The molecule has 276 valence electrons. The molecular weight excluding hydrogens is 704 g/mol. The monoisotopic (exact) mass is 742 g/mol. The Kier molecular flexibility index (Phi) is 9.56. The lowest BCUT2D eigenvalue weighted by molar-refractivity contribution is -0.386. The van der Waals surface area contributed by atoms with Gasteiger partial charge in [0, 0.05) is 47.2 Å². The smallest absolute Gasteiger partial charge is 0.352 e. The number of nitrogens with one attached hydrogen (secondary N) is 1. The Morgan fingerprint density at radius 2 is 1.79 bits per heavy atom. The van der Waals surface area contributed by atoms with Crippen molar-refractivity contribution in [3.05, 3.63) is 93.7 Å². The zero-order chi connectivity index (χ0) is 37.6. The zero-order valence-electron chi connectivity index (χ0n) is 29.9. The fraction of sp³-hybridized carbons (Fsp3) is 0.333. The number of hydrogen-bond donors (Lipinski definition) is 1. The minimum Gasteiger partial charge on any atom is -0.492 e. The third kappa shape index (κ3) is 7.14. The summed E-state index contributed by atoms with van der Waals surface area (Å²) < 4.78 is 29.1. The van der Waals surface area contributed by atoms with Gasteiger partial charge < -0.3 is 38.5 Å². The van der Waals surface area contributed by atoms with Crippen LogP contribution >= 0.6 is 11.6 Å². The van der Waals surface area contributed by atoms with Gasteiger partial charge in [-0.1, -0.05) is 24.3 Å². The number of carbonyl (C=O) groups is 2. The molecule has 0 radical (unpaired) electrons. The average molecular weight is 743 g/mol. The topological polar surface area (TPSA) is 146 Å². The van der Waals surface area contributed by atoms with Crippen LogP contribution in [0.1, 0.15) is 54.4 Å². The number of H-pyrrole nitrogens is 1. The minimum atomic E-state index is -1.59. The normalized spacial score (nSPS) is 15.5. The van der Waals surface area contributed by atoms with Gasteiger partial charge in [-0.25, -0.2) is 4.79 Å². The second kappa shape index (κ2) is 14.1. The number of likely N-dealkylation sites (N-methyl/N-ethyl adjacent to an activating group) is 1. The number of anilines is 1. The highest BCUT2D eigenvalue weighted by Crippen LogP contribution is 2.48. The van der Waals surface area contributed by atoms with Crippen molar-refractivity contribution in [3.63, 3.8) is 0 Å². The molecule has 0 saturated carbocycles. The molecule has 0 fully saturated rings. The Balaban J connectivity index is 1.31. The molecular formula is C39H39ClN4O9. The van der Waals surface area contributed by atoms with E-state index in [4.69, 9.17) is 35.3 Å². The van der Waals surface area contributed by atoms with E-state index in [1.807, 2.05) is 61.5 Å². The molecule has 13 nitrogen and oxygen atoms in total. The van der Waals surface area contributed by atoms with Gasteiger partial charge in [-0.15, -0.1) is 11.6 Å². The molecule has 4 aromatic carbocycles. The number of halogens is 1. The Bertz CT molecular complexity index is 2250. The lowest BCUT2D eigenvalue weighted by Crippen LogP contribution is -2.31. The van der Waals surface area contributed by atoms with Crippen molar-refractivity contribution in [2.24, 2.45) is 0 Å². The molecule has 0 saturated heterocycles. The lowest BCUT2D eigenvalue weighted by atomic mass is 9.95. The number of nitro benzene ring substituents is 1. The van der Waals surface area contributed by atoms with E-state index in [0.717, 1.165) is 28.4 Å². The van der Waals surface area contributed by atoms with Crippen molar-refractivity contribution in [1.82, 2.24) is 9.88 Å². The highest BCUT2D eigenvalue weighted by Gasteiger charge is 2.39. The van der Waals surface area contributed by atoms with Crippen LogP contribution in [-0.2, 0) is 9.53 Å². The first-order chi connectivity index (χ1) is 25.3. The Morgan fingerprint density at radius 3 is 2.49 bits per heavy atom.